The molecule has 1 aromatic carbocycles. The van der Waals surface area contributed by atoms with E-state index >= 15 is 0 Å². The Hall–Kier alpha value is -2.32. The van der Waals surface area contributed by atoms with Gasteiger partial charge in [-0.25, -0.2) is 4.99 Å². The van der Waals surface area contributed by atoms with Crippen LogP contribution in [0, 0.1) is 25.2 Å². The summed E-state index contributed by atoms with van der Waals surface area (Å²) in [6, 6.07) is 7.79. The smallest absolute Gasteiger partial charge is 0.134 e. The first-order valence-corrected chi connectivity index (χ1v) is 8.45. The van der Waals surface area contributed by atoms with Gasteiger partial charge in [0.15, 0.2) is 0 Å². The van der Waals surface area contributed by atoms with Gasteiger partial charge in [-0.05, 0) is 45.4 Å². The van der Waals surface area contributed by atoms with E-state index in [1.807, 2.05) is 26.0 Å². The summed E-state index contributed by atoms with van der Waals surface area (Å²) >= 11 is 1.50. The molecule has 0 amide bonds. The van der Waals surface area contributed by atoms with E-state index in [9.17, 15) is 10.4 Å². The van der Waals surface area contributed by atoms with Crippen molar-refractivity contribution >= 4 is 28.2 Å². The van der Waals surface area contributed by atoms with Crippen molar-refractivity contribution in [1.29, 1.82) is 5.26 Å². The Morgan fingerprint density at radius 1 is 1.30 bits per heavy atom. The number of phenolic OH excluding ortho intramolecular Hbond substituents is 1. The third-order valence-electron chi connectivity index (χ3n) is 3.94. The van der Waals surface area contributed by atoms with Crippen LogP contribution in [0.15, 0.2) is 23.2 Å². The first kappa shape index (κ1) is 17.0. The summed E-state index contributed by atoms with van der Waals surface area (Å²) in [5, 5.41) is 20.1. The highest BCUT2D eigenvalue weighted by Crippen LogP contribution is 2.34. The topological polar surface area (TPSA) is 59.6 Å². The van der Waals surface area contributed by atoms with Gasteiger partial charge in [-0.3, -0.25) is 0 Å². The maximum atomic E-state index is 10.2. The first-order valence-electron chi connectivity index (χ1n) is 7.63. The molecule has 0 aliphatic heterocycles. The zero-order chi connectivity index (χ0) is 17.0. The Labute approximate surface area is 141 Å². The van der Waals surface area contributed by atoms with E-state index in [0.717, 1.165) is 29.2 Å². The van der Waals surface area contributed by atoms with Crippen LogP contribution in [0.1, 0.15) is 35.4 Å². The highest BCUT2D eigenvalue weighted by atomic mass is 32.1. The molecule has 0 atom stereocenters. The van der Waals surface area contributed by atoms with Gasteiger partial charge in [-0.15, -0.1) is 11.3 Å². The number of thiophene rings is 1. The van der Waals surface area contributed by atoms with Crippen molar-refractivity contribution in [2.24, 2.45) is 4.99 Å². The van der Waals surface area contributed by atoms with Gasteiger partial charge in [-0.1, -0.05) is 0 Å². The van der Waals surface area contributed by atoms with Gasteiger partial charge in [-0.2, -0.15) is 5.26 Å². The van der Waals surface area contributed by atoms with Crippen molar-refractivity contribution in [1.82, 2.24) is 0 Å². The fourth-order valence-electron chi connectivity index (χ4n) is 2.39. The van der Waals surface area contributed by atoms with Crippen molar-refractivity contribution in [3.05, 3.63) is 39.8 Å². The quantitative estimate of drug-likeness (QED) is 0.820. The number of nitrogens with zero attached hydrogens (tertiary/aromatic N) is 3. The van der Waals surface area contributed by atoms with Gasteiger partial charge in [0.2, 0.25) is 0 Å². The predicted molar refractivity (Wildman–Crippen MR) is 97.4 cm³/mol. The fourth-order valence-corrected chi connectivity index (χ4v) is 3.34. The number of benzene rings is 1. The Balaban J connectivity index is 2.31. The highest BCUT2D eigenvalue weighted by molar-refractivity contribution is 7.16. The molecule has 0 aliphatic rings. The lowest BCUT2D eigenvalue weighted by molar-refractivity contribution is 0.474. The van der Waals surface area contributed by atoms with Crippen molar-refractivity contribution in [2.75, 3.05) is 18.0 Å². The Morgan fingerprint density at radius 3 is 2.57 bits per heavy atom. The van der Waals surface area contributed by atoms with Gasteiger partial charge in [0.25, 0.3) is 0 Å². The van der Waals surface area contributed by atoms with Crippen LogP contribution in [0.5, 0.6) is 5.75 Å². The number of aryl methyl sites for hydroxylation is 1. The van der Waals surface area contributed by atoms with Crippen LogP contribution in [0.2, 0.25) is 0 Å². The zero-order valence-corrected chi connectivity index (χ0v) is 14.7. The molecule has 23 heavy (non-hydrogen) atoms. The van der Waals surface area contributed by atoms with E-state index < -0.39 is 0 Å². The van der Waals surface area contributed by atoms with Crippen molar-refractivity contribution in [3.63, 3.8) is 0 Å². The number of aliphatic imine (C=N–C) groups is 1. The van der Waals surface area contributed by atoms with Crippen LogP contribution in [0.4, 0.5) is 10.7 Å². The van der Waals surface area contributed by atoms with E-state index in [0.29, 0.717) is 16.1 Å². The Bertz CT molecular complexity index is 767. The van der Waals surface area contributed by atoms with Crippen LogP contribution in [0.3, 0.4) is 0 Å². The number of hydrogen-bond donors (Lipinski definition) is 1. The summed E-state index contributed by atoms with van der Waals surface area (Å²) in [5.41, 5.74) is 3.23. The lowest BCUT2D eigenvalue weighted by Crippen LogP contribution is -2.21. The minimum absolute atomic E-state index is 0.196. The minimum atomic E-state index is 0.196. The summed E-state index contributed by atoms with van der Waals surface area (Å²) in [6.45, 7) is 9.86. The van der Waals surface area contributed by atoms with E-state index in [-0.39, 0.29) is 5.75 Å². The van der Waals surface area contributed by atoms with Crippen LogP contribution < -0.4 is 4.90 Å². The SMILES string of the molecule is CCN(CC)c1ccc(/C=N/c2sc(C)c(C)c2C#N)c(O)c1. The number of aromatic hydroxyl groups is 1. The average molecular weight is 327 g/mol. The summed E-state index contributed by atoms with van der Waals surface area (Å²) in [4.78, 5) is 7.66. The highest BCUT2D eigenvalue weighted by Gasteiger charge is 2.11. The van der Waals surface area contributed by atoms with Crippen molar-refractivity contribution in [3.8, 4) is 11.8 Å². The molecule has 5 heteroatoms. The fraction of sp³-hybridized carbons (Fsp3) is 0.333. The molecule has 2 aromatic rings. The van der Waals surface area contributed by atoms with Gasteiger partial charge in [0, 0.05) is 41.5 Å². The van der Waals surface area contributed by atoms with Gasteiger partial charge >= 0.3 is 0 Å². The summed E-state index contributed by atoms with van der Waals surface area (Å²) in [5.74, 6) is 0.196. The summed E-state index contributed by atoms with van der Waals surface area (Å²) in [6.07, 6.45) is 1.62. The zero-order valence-electron chi connectivity index (χ0n) is 13.9. The van der Waals surface area contributed by atoms with Crippen LogP contribution in [0.25, 0.3) is 0 Å². The van der Waals surface area contributed by atoms with Crippen molar-refractivity contribution in [2.45, 2.75) is 27.7 Å². The molecule has 0 saturated heterocycles. The van der Waals surface area contributed by atoms with E-state index in [1.165, 1.54) is 11.3 Å². The van der Waals surface area contributed by atoms with Gasteiger partial charge in [0.1, 0.15) is 16.8 Å². The second-order valence-corrected chi connectivity index (χ2v) is 6.45. The number of rotatable bonds is 5. The third kappa shape index (κ3) is 3.54. The molecule has 1 aromatic heterocycles. The maximum Gasteiger partial charge on any atom is 0.134 e. The number of nitriles is 1. The van der Waals surface area contributed by atoms with E-state index in [4.69, 9.17) is 0 Å². The summed E-state index contributed by atoms with van der Waals surface area (Å²) in [7, 11) is 0. The largest absolute Gasteiger partial charge is 0.507 e. The normalized spacial score (nSPS) is 10.9. The molecule has 0 spiro atoms. The molecular formula is C18H21N3OS. The lowest BCUT2D eigenvalue weighted by Gasteiger charge is -2.21. The van der Waals surface area contributed by atoms with Crippen molar-refractivity contribution < 1.29 is 5.11 Å². The molecule has 0 unspecified atom stereocenters. The Morgan fingerprint density at radius 2 is 2.00 bits per heavy atom. The summed E-state index contributed by atoms with van der Waals surface area (Å²) < 4.78 is 0. The molecule has 1 N–H and O–H groups in total. The third-order valence-corrected chi connectivity index (χ3v) is 5.06. The molecule has 0 aliphatic carbocycles. The first-order chi connectivity index (χ1) is 11.0. The molecule has 2 rings (SSSR count). The van der Waals surface area contributed by atoms with Gasteiger partial charge in [0.05, 0.1) is 5.56 Å². The van der Waals surface area contributed by atoms with Crippen LogP contribution in [-0.4, -0.2) is 24.4 Å². The molecule has 120 valence electrons. The molecule has 0 saturated carbocycles. The predicted octanol–water partition coefficient (Wildman–Crippen LogP) is 4.54. The van der Waals surface area contributed by atoms with E-state index in [2.05, 4.69) is 29.8 Å². The monoisotopic (exact) mass is 327 g/mol. The minimum Gasteiger partial charge on any atom is -0.507 e. The van der Waals surface area contributed by atoms with Crippen LogP contribution in [-0.2, 0) is 0 Å². The number of anilines is 1. The molecule has 0 bridgehead atoms. The van der Waals surface area contributed by atoms with Gasteiger partial charge < -0.3 is 10.0 Å². The number of phenols is 1. The molecule has 0 fully saturated rings. The number of hydrogen-bond acceptors (Lipinski definition) is 5. The molecule has 4 nitrogen and oxygen atoms in total. The maximum absolute atomic E-state index is 10.2. The average Bonchev–Trinajstić information content (AvgIpc) is 2.82. The standard InChI is InChI=1S/C18H21N3OS/c1-5-21(6-2)15-8-7-14(17(22)9-15)11-20-18-16(10-19)12(3)13(4)23-18/h7-9,11,22H,5-6H2,1-4H3/b20-11+. The molecular weight excluding hydrogens is 306 g/mol. The molecule has 0 radical (unpaired) electrons. The molecule has 1 heterocycles. The Kier molecular flexibility index (Phi) is 5.41. The van der Waals surface area contributed by atoms with E-state index in [1.54, 1.807) is 12.3 Å². The second-order valence-electron chi connectivity index (χ2n) is 5.25. The second kappa shape index (κ2) is 7.30. The lowest BCUT2D eigenvalue weighted by atomic mass is 10.1. The van der Waals surface area contributed by atoms with Crippen LogP contribution >= 0.6 is 11.3 Å².